The molecular weight excluding hydrogens is 280 g/mol. The summed E-state index contributed by atoms with van der Waals surface area (Å²) in [7, 11) is 0. The van der Waals surface area contributed by atoms with Gasteiger partial charge in [0.15, 0.2) is 0 Å². The summed E-state index contributed by atoms with van der Waals surface area (Å²) in [5.41, 5.74) is 0.491. The number of halogens is 1. The highest BCUT2D eigenvalue weighted by molar-refractivity contribution is 9.09. The zero-order valence-corrected chi connectivity index (χ0v) is 12.0. The Hall–Kier alpha value is -0.830. The highest BCUT2D eigenvalue weighted by Crippen LogP contribution is 2.30. The van der Waals surface area contributed by atoms with E-state index in [1.165, 1.54) is 0 Å². The maximum absolute atomic E-state index is 12.1. The number of benzene rings is 1. The van der Waals surface area contributed by atoms with Crippen molar-refractivity contribution in [3.63, 3.8) is 0 Å². The Morgan fingerprint density at radius 1 is 1.35 bits per heavy atom. The van der Waals surface area contributed by atoms with Crippen molar-refractivity contribution in [1.82, 2.24) is 0 Å². The molecule has 0 radical (unpaired) electrons. The molecule has 0 fully saturated rings. The molecule has 0 spiro atoms. The third-order valence-electron chi connectivity index (χ3n) is 2.95. The van der Waals surface area contributed by atoms with Gasteiger partial charge in [-0.15, -0.1) is 0 Å². The average molecular weight is 299 g/mol. The lowest BCUT2D eigenvalue weighted by Gasteiger charge is -2.27. The molecule has 1 aromatic carbocycles. The van der Waals surface area contributed by atoms with Crippen molar-refractivity contribution < 1.29 is 9.53 Å². The highest BCUT2D eigenvalue weighted by Gasteiger charge is 2.35. The van der Waals surface area contributed by atoms with E-state index < -0.39 is 5.41 Å². The van der Waals surface area contributed by atoms with Crippen LogP contribution in [0.5, 0.6) is 0 Å². The number of ether oxygens (including phenoxy) is 1. The molecule has 0 N–H and O–H groups in total. The summed E-state index contributed by atoms with van der Waals surface area (Å²) < 4.78 is 5.20. The quantitative estimate of drug-likeness (QED) is 0.591. The molecule has 2 nitrogen and oxygen atoms in total. The van der Waals surface area contributed by atoms with Gasteiger partial charge in [-0.25, -0.2) is 0 Å². The summed E-state index contributed by atoms with van der Waals surface area (Å²) in [6, 6.07) is 9.86. The molecule has 17 heavy (non-hydrogen) atoms. The molecule has 94 valence electrons. The SMILES string of the molecule is CCOC(=O)[C@@](C)(CCCBr)c1ccccc1. The topological polar surface area (TPSA) is 26.3 Å². The van der Waals surface area contributed by atoms with Crippen LogP contribution in [0.15, 0.2) is 30.3 Å². The number of hydrogen-bond donors (Lipinski definition) is 0. The molecule has 0 heterocycles. The van der Waals surface area contributed by atoms with E-state index >= 15 is 0 Å². The van der Waals surface area contributed by atoms with E-state index in [0.717, 1.165) is 23.7 Å². The van der Waals surface area contributed by atoms with Crippen molar-refractivity contribution in [2.75, 3.05) is 11.9 Å². The first-order valence-electron chi connectivity index (χ1n) is 5.94. The summed E-state index contributed by atoms with van der Waals surface area (Å²) in [6.45, 7) is 4.23. The maximum Gasteiger partial charge on any atom is 0.316 e. The molecule has 1 rings (SSSR count). The Bertz CT molecular complexity index is 350. The van der Waals surface area contributed by atoms with Crippen LogP contribution in [0.2, 0.25) is 0 Å². The second-order valence-corrected chi connectivity index (χ2v) is 5.00. The lowest BCUT2D eigenvalue weighted by Crippen LogP contribution is -2.34. The maximum atomic E-state index is 12.1. The molecule has 0 saturated carbocycles. The molecular formula is C14H19BrO2. The number of alkyl halides is 1. The first-order valence-corrected chi connectivity index (χ1v) is 7.06. The number of rotatable bonds is 6. The Morgan fingerprint density at radius 2 is 2.00 bits per heavy atom. The van der Waals surface area contributed by atoms with Crippen LogP contribution in [0.4, 0.5) is 0 Å². The zero-order valence-electron chi connectivity index (χ0n) is 10.4. The highest BCUT2D eigenvalue weighted by atomic mass is 79.9. The van der Waals surface area contributed by atoms with Crippen LogP contribution >= 0.6 is 15.9 Å². The molecule has 0 aliphatic rings. The zero-order chi connectivity index (χ0) is 12.7. The van der Waals surface area contributed by atoms with E-state index in [1.54, 1.807) is 0 Å². The smallest absolute Gasteiger partial charge is 0.316 e. The standard InChI is InChI=1S/C14H19BrO2/c1-3-17-13(16)14(2,10-7-11-15)12-8-5-4-6-9-12/h4-6,8-9H,3,7,10-11H2,1-2H3/t14-/m0/s1. The van der Waals surface area contributed by atoms with Crippen LogP contribution < -0.4 is 0 Å². The van der Waals surface area contributed by atoms with E-state index in [4.69, 9.17) is 4.74 Å². The fraction of sp³-hybridized carbons (Fsp3) is 0.500. The van der Waals surface area contributed by atoms with Crippen LogP contribution in [-0.2, 0) is 14.9 Å². The third-order valence-corrected chi connectivity index (χ3v) is 3.51. The molecule has 3 heteroatoms. The molecule has 0 aliphatic carbocycles. The summed E-state index contributed by atoms with van der Waals surface area (Å²) in [6.07, 6.45) is 1.74. The minimum atomic E-state index is -0.537. The minimum Gasteiger partial charge on any atom is -0.465 e. The summed E-state index contributed by atoms with van der Waals surface area (Å²) >= 11 is 3.41. The largest absolute Gasteiger partial charge is 0.465 e. The second-order valence-electron chi connectivity index (χ2n) is 4.21. The van der Waals surface area contributed by atoms with Gasteiger partial charge in [-0.3, -0.25) is 4.79 Å². The van der Waals surface area contributed by atoms with Crippen molar-refractivity contribution in [2.24, 2.45) is 0 Å². The lowest BCUT2D eigenvalue weighted by atomic mass is 9.79. The van der Waals surface area contributed by atoms with Crippen molar-refractivity contribution in [3.8, 4) is 0 Å². The van der Waals surface area contributed by atoms with Crippen molar-refractivity contribution >= 4 is 21.9 Å². The number of carbonyl (C=O) groups is 1. The average Bonchev–Trinajstić information content (AvgIpc) is 2.37. The van der Waals surface area contributed by atoms with Gasteiger partial charge >= 0.3 is 5.97 Å². The van der Waals surface area contributed by atoms with E-state index in [1.807, 2.05) is 44.2 Å². The normalized spacial score (nSPS) is 14.1. The van der Waals surface area contributed by atoms with Gasteiger partial charge in [-0.1, -0.05) is 46.3 Å². The van der Waals surface area contributed by atoms with Gasteiger partial charge in [0.2, 0.25) is 0 Å². The number of carbonyl (C=O) groups excluding carboxylic acids is 1. The van der Waals surface area contributed by atoms with E-state index in [9.17, 15) is 4.79 Å². The molecule has 0 amide bonds. The molecule has 0 aromatic heterocycles. The van der Waals surface area contributed by atoms with Crippen LogP contribution in [0.3, 0.4) is 0 Å². The van der Waals surface area contributed by atoms with Crippen molar-refractivity contribution in [2.45, 2.75) is 32.1 Å². The van der Waals surface area contributed by atoms with Crippen LogP contribution in [0, 0.1) is 0 Å². The molecule has 0 unspecified atom stereocenters. The summed E-state index contributed by atoms with van der Waals surface area (Å²) in [5, 5.41) is 0.898. The monoisotopic (exact) mass is 298 g/mol. The van der Waals surface area contributed by atoms with Crippen LogP contribution in [-0.4, -0.2) is 17.9 Å². The molecule has 0 bridgehead atoms. The molecule has 1 atom stereocenters. The Labute approximate surface area is 111 Å². The predicted molar refractivity (Wildman–Crippen MR) is 73.5 cm³/mol. The lowest BCUT2D eigenvalue weighted by molar-refractivity contribution is -0.149. The van der Waals surface area contributed by atoms with E-state index in [2.05, 4.69) is 15.9 Å². The van der Waals surface area contributed by atoms with Gasteiger partial charge in [-0.05, 0) is 32.3 Å². The number of esters is 1. The predicted octanol–water partition coefficient (Wildman–Crippen LogP) is 3.68. The molecule has 0 aliphatic heterocycles. The minimum absolute atomic E-state index is 0.132. The fourth-order valence-electron chi connectivity index (χ4n) is 1.88. The Kier molecular flexibility index (Phi) is 5.69. The first-order chi connectivity index (χ1) is 8.15. The van der Waals surface area contributed by atoms with Crippen LogP contribution in [0.1, 0.15) is 32.3 Å². The van der Waals surface area contributed by atoms with E-state index in [0.29, 0.717) is 6.61 Å². The van der Waals surface area contributed by atoms with Gasteiger partial charge in [0.05, 0.1) is 12.0 Å². The van der Waals surface area contributed by atoms with Gasteiger partial charge < -0.3 is 4.74 Å². The second kappa shape index (κ2) is 6.80. The Morgan fingerprint density at radius 3 is 2.53 bits per heavy atom. The molecule has 1 aromatic rings. The summed E-state index contributed by atoms with van der Waals surface area (Å²) in [4.78, 5) is 12.1. The third kappa shape index (κ3) is 3.56. The van der Waals surface area contributed by atoms with Gasteiger partial charge in [0.25, 0.3) is 0 Å². The van der Waals surface area contributed by atoms with Crippen molar-refractivity contribution in [1.29, 1.82) is 0 Å². The first kappa shape index (κ1) is 14.2. The summed E-state index contributed by atoms with van der Waals surface area (Å²) in [5.74, 6) is -0.132. The number of hydrogen-bond acceptors (Lipinski definition) is 2. The van der Waals surface area contributed by atoms with Crippen molar-refractivity contribution in [3.05, 3.63) is 35.9 Å². The Balaban J connectivity index is 2.97. The fourth-order valence-corrected chi connectivity index (χ4v) is 2.16. The van der Waals surface area contributed by atoms with Gasteiger partial charge in [0.1, 0.15) is 0 Å². The van der Waals surface area contributed by atoms with Crippen LogP contribution in [0.25, 0.3) is 0 Å². The molecule has 0 saturated heterocycles. The van der Waals surface area contributed by atoms with Gasteiger partial charge in [-0.2, -0.15) is 0 Å². The van der Waals surface area contributed by atoms with Gasteiger partial charge in [0, 0.05) is 5.33 Å². The van der Waals surface area contributed by atoms with E-state index in [-0.39, 0.29) is 5.97 Å².